The maximum atomic E-state index is 11.3. The summed E-state index contributed by atoms with van der Waals surface area (Å²) >= 11 is 0. The summed E-state index contributed by atoms with van der Waals surface area (Å²) in [5.41, 5.74) is 0.179. The molecule has 0 saturated carbocycles. The molecule has 1 heterocycles. The molecule has 1 aromatic carbocycles. The third-order valence-electron chi connectivity index (χ3n) is 2.60. The van der Waals surface area contributed by atoms with Crippen LogP contribution in [0.1, 0.15) is 12.0 Å². The largest absolute Gasteiger partial charge is 0.336 e. The maximum absolute atomic E-state index is 11.3. The number of hydrogen-bond acceptors (Lipinski definition) is 3. The van der Waals surface area contributed by atoms with Gasteiger partial charge in [0.05, 0.1) is 12.1 Å². The molecule has 1 N–H and O–H groups in total. The summed E-state index contributed by atoms with van der Waals surface area (Å²) in [4.78, 5) is 0. The van der Waals surface area contributed by atoms with Crippen LogP contribution in [0.4, 0.5) is 0 Å². The summed E-state index contributed by atoms with van der Waals surface area (Å²) in [6, 6.07) is 9.37. The predicted molar refractivity (Wildman–Crippen MR) is 60.9 cm³/mol. The molecule has 0 aromatic heterocycles. The van der Waals surface area contributed by atoms with Crippen LogP contribution in [0.2, 0.25) is 0 Å². The second-order valence-corrected chi connectivity index (χ2v) is 5.11. The first-order chi connectivity index (χ1) is 7.58. The monoisotopic (exact) mass is 239 g/mol. The second-order valence-electron chi connectivity index (χ2n) is 3.76. The van der Waals surface area contributed by atoms with Crippen LogP contribution >= 0.6 is 0 Å². The van der Waals surface area contributed by atoms with Crippen molar-refractivity contribution in [1.29, 1.82) is 0 Å². The maximum Gasteiger partial charge on any atom is 0.336 e. The zero-order valence-corrected chi connectivity index (χ0v) is 9.53. The molecule has 16 heavy (non-hydrogen) atoms. The van der Waals surface area contributed by atoms with Crippen LogP contribution in [0, 0.1) is 0 Å². The SMILES string of the molecule is C=CCC1(c2ccccc2)COS(=O)(=O)N1. The minimum atomic E-state index is -3.62. The molecule has 5 heteroatoms. The van der Waals surface area contributed by atoms with Gasteiger partial charge in [-0.3, -0.25) is 4.18 Å². The predicted octanol–water partition coefficient (Wildman–Crippen LogP) is 1.32. The number of rotatable bonds is 3. The van der Waals surface area contributed by atoms with Crippen molar-refractivity contribution in [3.8, 4) is 0 Å². The van der Waals surface area contributed by atoms with Gasteiger partial charge in [0.2, 0.25) is 0 Å². The van der Waals surface area contributed by atoms with E-state index in [1.165, 1.54) is 0 Å². The molecule has 0 radical (unpaired) electrons. The second kappa shape index (κ2) is 4.01. The van der Waals surface area contributed by atoms with Crippen molar-refractivity contribution < 1.29 is 12.6 Å². The Morgan fingerprint density at radius 1 is 1.44 bits per heavy atom. The molecule has 1 saturated heterocycles. The summed E-state index contributed by atoms with van der Waals surface area (Å²) < 4.78 is 30.0. The minimum Gasteiger partial charge on any atom is -0.256 e. The van der Waals surface area contributed by atoms with Crippen LogP contribution in [0.3, 0.4) is 0 Å². The Balaban J connectivity index is 2.42. The molecule has 1 aromatic rings. The highest BCUT2D eigenvalue weighted by atomic mass is 32.2. The molecule has 4 nitrogen and oxygen atoms in total. The van der Waals surface area contributed by atoms with Gasteiger partial charge in [-0.05, 0) is 12.0 Å². The molecule has 1 atom stereocenters. The first-order valence-corrected chi connectivity index (χ1v) is 6.34. The van der Waals surface area contributed by atoms with Gasteiger partial charge in [-0.1, -0.05) is 36.4 Å². The zero-order valence-electron chi connectivity index (χ0n) is 8.72. The highest BCUT2D eigenvalue weighted by Crippen LogP contribution is 2.31. The van der Waals surface area contributed by atoms with Gasteiger partial charge in [0.1, 0.15) is 0 Å². The number of nitrogens with one attached hydrogen (secondary N) is 1. The van der Waals surface area contributed by atoms with Crippen molar-refractivity contribution in [2.24, 2.45) is 0 Å². The van der Waals surface area contributed by atoms with E-state index in [9.17, 15) is 8.42 Å². The zero-order chi connectivity index (χ0) is 11.6. The third-order valence-corrected chi connectivity index (χ3v) is 3.67. The van der Waals surface area contributed by atoms with Gasteiger partial charge >= 0.3 is 10.3 Å². The van der Waals surface area contributed by atoms with E-state index in [-0.39, 0.29) is 6.61 Å². The Morgan fingerprint density at radius 2 is 2.12 bits per heavy atom. The van der Waals surface area contributed by atoms with Crippen molar-refractivity contribution >= 4 is 10.3 Å². The molecule has 0 spiro atoms. The van der Waals surface area contributed by atoms with Gasteiger partial charge < -0.3 is 0 Å². The van der Waals surface area contributed by atoms with E-state index in [1.807, 2.05) is 30.3 Å². The lowest BCUT2D eigenvalue weighted by molar-refractivity contribution is 0.272. The summed E-state index contributed by atoms with van der Waals surface area (Å²) in [6.07, 6.45) is 2.18. The molecule has 0 bridgehead atoms. The Hall–Kier alpha value is -1.17. The number of hydrogen-bond donors (Lipinski definition) is 1. The fourth-order valence-corrected chi connectivity index (χ4v) is 2.99. The lowest BCUT2D eigenvalue weighted by Crippen LogP contribution is -2.40. The Bertz CT molecular complexity index is 483. The molecule has 2 rings (SSSR count). The van der Waals surface area contributed by atoms with Crippen LogP contribution in [0.15, 0.2) is 43.0 Å². The van der Waals surface area contributed by atoms with Crippen molar-refractivity contribution in [3.63, 3.8) is 0 Å². The summed E-state index contributed by atoms with van der Waals surface area (Å²) in [6.45, 7) is 3.75. The molecule has 1 aliphatic heterocycles. The molecule has 1 fully saturated rings. The normalized spacial score (nSPS) is 27.8. The molecular weight excluding hydrogens is 226 g/mol. The van der Waals surface area contributed by atoms with Crippen LogP contribution in [-0.4, -0.2) is 15.0 Å². The highest BCUT2D eigenvalue weighted by molar-refractivity contribution is 7.85. The van der Waals surface area contributed by atoms with E-state index >= 15 is 0 Å². The van der Waals surface area contributed by atoms with E-state index < -0.39 is 15.8 Å². The topological polar surface area (TPSA) is 55.4 Å². The minimum absolute atomic E-state index is 0.103. The average Bonchev–Trinajstić information content (AvgIpc) is 2.58. The highest BCUT2D eigenvalue weighted by Gasteiger charge is 2.43. The van der Waals surface area contributed by atoms with Crippen molar-refractivity contribution in [3.05, 3.63) is 48.6 Å². The molecule has 1 unspecified atom stereocenters. The molecule has 1 aliphatic rings. The van der Waals surface area contributed by atoms with Crippen molar-refractivity contribution in [2.45, 2.75) is 12.0 Å². The first kappa shape index (κ1) is 11.3. The van der Waals surface area contributed by atoms with Gasteiger partial charge in [-0.25, -0.2) is 0 Å². The van der Waals surface area contributed by atoms with E-state index in [2.05, 4.69) is 11.3 Å². The Kier molecular flexibility index (Phi) is 2.84. The molecule has 86 valence electrons. The third kappa shape index (κ3) is 2.02. The fraction of sp³-hybridized carbons (Fsp3) is 0.273. The van der Waals surface area contributed by atoms with Crippen molar-refractivity contribution in [1.82, 2.24) is 4.72 Å². The van der Waals surface area contributed by atoms with E-state index in [0.29, 0.717) is 6.42 Å². The van der Waals surface area contributed by atoms with Crippen molar-refractivity contribution in [2.75, 3.05) is 6.61 Å². The number of benzene rings is 1. The quantitative estimate of drug-likeness (QED) is 0.809. The first-order valence-electron chi connectivity index (χ1n) is 4.93. The molecule has 0 aliphatic carbocycles. The average molecular weight is 239 g/mol. The molecule has 0 amide bonds. The Morgan fingerprint density at radius 3 is 2.62 bits per heavy atom. The lowest BCUT2D eigenvalue weighted by Gasteiger charge is -2.25. The van der Waals surface area contributed by atoms with Gasteiger partial charge in [-0.15, -0.1) is 6.58 Å². The standard InChI is InChI=1S/C11H13NO3S/c1-2-8-11(9-15-16(13,14)12-11)10-6-4-3-5-7-10/h2-7,12H,1,8-9H2. The molecular formula is C11H13NO3S. The Labute approximate surface area is 95.2 Å². The van der Waals surface area contributed by atoms with E-state index in [0.717, 1.165) is 5.56 Å². The smallest absolute Gasteiger partial charge is 0.256 e. The summed E-state index contributed by atoms with van der Waals surface area (Å²) in [5.74, 6) is 0. The van der Waals surface area contributed by atoms with Crippen LogP contribution in [-0.2, 0) is 20.0 Å². The van der Waals surface area contributed by atoms with Crippen LogP contribution in [0.25, 0.3) is 0 Å². The van der Waals surface area contributed by atoms with Gasteiger partial charge in [0.15, 0.2) is 0 Å². The van der Waals surface area contributed by atoms with E-state index in [4.69, 9.17) is 4.18 Å². The van der Waals surface area contributed by atoms with Gasteiger partial charge in [0.25, 0.3) is 0 Å². The van der Waals surface area contributed by atoms with Gasteiger partial charge in [-0.2, -0.15) is 13.1 Å². The van der Waals surface area contributed by atoms with E-state index in [1.54, 1.807) is 6.08 Å². The van der Waals surface area contributed by atoms with Gasteiger partial charge in [0, 0.05) is 0 Å². The fourth-order valence-electron chi connectivity index (χ4n) is 1.84. The van der Waals surface area contributed by atoms with Crippen LogP contribution in [0.5, 0.6) is 0 Å². The summed E-state index contributed by atoms with van der Waals surface area (Å²) in [5, 5.41) is 0. The summed E-state index contributed by atoms with van der Waals surface area (Å²) in [7, 11) is -3.62. The van der Waals surface area contributed by atoms with Crippen LogP contribution < -0.4 is 4.72 Å². The lowest BCUT2D eigenvalue weighted by atomic mass is 9.88.